The first-order valence-corrected chi connectivity index (χ1v) is 8.27. The zero-order chi connectivity index (χ0) is 19.1. The minimum Gasteiger partial charge on any atom is -0.482 e. The Morgan fingerprint density at radius 2 is 2.04 bits per heavy atom. The van der Waals surface area contributed by atoms with Gasteiger partial charge in [-0.1, -0.05) is 31.5 Å². The summed E-state index contributed by atoms with van der Waals surface area (Å²) in [6, 6.07) is 7.89. The van der Waals surface area contributed by atoms with Gasteiger partial charge in [-0.25, -0.2) is 9.78 Å². The maximum atomic E-state index is 12.3. The first-order chi connectivity index (χ1) is 12.3. The number of pyridine rings is 1. The Hall–Kier alpha value is -2.80. The van der Waals surface area contributed by atoms with E-state index in [9.17, 15) is 9.59 Å². The Labute approximate surface area is 155 Å². The van der Waals surface area contributed by atoms with Crippen molar-refractivity contribution >= 4 is 29.2 Å². The van der Waals surface area contributed by atoms with Gasteiger partial charge < -0.3 is 19.9 Å². The highest BCUT2D eigenvalue weighted by Gasteiger charge is 2.12. The molecule has 0 spiro atoms. The van der Waals surface area contributed by atoms with Crippen LogP contribution in [0.2, 0.25) is 5.02 Å². The van der Waals surface area contributed by atoms with Crippen molar-refractivity contribution in [3.05, 3.63) is 47.1 Å². The second-order valence-electron chi connectivity index (χ2n) is 5.88. The average Bonchev–Trinajstić information content (AvgIpc) is 2.59. The summed E-state index contributed by atoms with van der Waals surface area (Å²) in [6.45, 7) is 4.02. The van der Waals surface area contributed by atoms with Crippen molar-refractivity contribution < 1.29 is 24.2 Å². The van der Waals surface area contributed by atoms with Gasteiger partial charge in [0, 0.05) is 18.0 Å². The number of aromatic nitrogens is 1. The van der Waals surface area contributed by atoms with E-state index in [2.05, 4.69) is 10.3 Å². The van der Waals surface area contributed by atoms with Gasteiger partial charge in [0.25, 0.3) is 5.91 Å². The van der Waals surface area contributed by atoms with Gasteiger partial charge >= 0.3 is 5.97 Å². The summed E-state index contributed by atoms with van der Waals surface area (Å²) < 4.78 is 10.5. The average molecular weight is 379 g/mol. The molecule has 2 N–H and O–H groups in total. The van der Waals surface area contributed by atoms with Crippen LogP contribution in [0.4, 0.5) is 5.69 Å². The smallest absolute Gasteiger partial charge is 0.341 e. The van der Waals surface area contributed by atoms with Crippen molar-refractivity contribution in [1.29, 1.82) is 0 Å². The van der Waals surface area contributed by atoms with Gasteiger partial charge in [-0.2, -0.15) is 0 Å². The van der Waals surface area contributed by atoms with Crippen LogP contribution in [0.1, 0.15) is 24.2 Å². The van der Waals surface area contributed by atoms with Gasteiger partial charge in [0.1, 0.15) is 10.8 Å². The predicted molar refractivity (Wildman–Crippen MR) is 97.1 cm³/mol. The third kappa shape index (κ3) is 5.93. The Bertz CT molecular complexity index is 795. The number of hydrogen-bond donors (Lipinski definition) is 2. The van der Waals surface area contributed by atoms with E-state index in [0.29, 0.717) is 24.0 Å². The number of carboxylic acid groups (broad SMARTS) is 1. The normalized spacial score (nSPS) is 10.5. The molecule has 1 aromatic carbocycles. The van der Waals surface area contributed by atoms with E-state index in [0.717, 1.165) is 0 Å². The molecule has 0 bridgehead atoms. The molecule has 0 fully saturated rings. The molecule has 1 amide bonds. The lowest BCUT2D eigenvalue weighted by molar-refractivity contribution is -0.139. The Kier molecular flexibility index (Phi) is 6.80. The third-order valence-electron chi connectivity index (χ3n) is 3.08. The van der Waals surface area contributed by atoms with Crippen molar-refractivity contribution in [2.75, 3.05) is 18.5 Å². The van der Waals surface area contributed by atoms with Gasteiger partial charge in [0.15, 0.2) is 6.61 Å². The fraction of sp³-hybridized carbons (Fsp3) is 0.278. The molecule has 2 aromatic rings. The van der Waals surface area contributed by atoms with Crippen LogP contribution in [0, 0.1) is 5.92 Å². The van der Waals surface area contributed by atoms with Crippen LogP contribution >= 0.6 is 11.6 Å². The van der Waals surface area contributed by atoms with E-state index < -0.39 is 18.5 Å². The number of carboxylic acids is 1. The zero-order valence-corrected chi connectivity index (χ0v) is 15.1. The molecule has 0 saturated carbocycles. The third-order valence-corrected chi connectivity index (χ3v) is 3.35. The van der Waals surface area contributed by atoms with Crippen LogP contribution in [-0.4, -0.2) is 35.2 Å². The van der Waals surface area contributed by atoms with Gasteiger partial charge in [-0.15, -0.1) is 0 Å². The largest absolute Gasteiger partial charge is 0.482 e. The van der Waals surface area contributed by atoms with Gasteiger partial charge in [0.05, 0.1) is 12.2 Å². The monoisotopic (exact) mass is 378 g/mol. The number of nitrogens with one attached hydrogen (secondary N) is 1. The van der Waals surface area contributed by atoms with E-state index in [1.54, 1.807) is 18.2 Å². The summed E-state index contributed by atoms with van der Waals surface area (Å²) in [6.07, 6.45) is 1.38. The van der Waals surface area contributed by atoms with Crippen LogP contribution in [0.25, 0.3) is 0 Å². The summed E-state index contributed by atoms with van der Waals surface area (Å²) in [5.74, 6) is -0.559. The molecule has 26 heavy (non-hydrogen) atoms. The SMILES string of the molecule is CC(C)COc1ncc(C(=O)Nc2cccc(OCC(=O)O)c2)cc1Cl. The molecule has 0 aliphatic rings. The summed E-state index contributed by atoms with van der Waals surface area (Å²) in [5.41, 5.74) is 0.720. The van der Waals surface area contributed by atoms with Gasteiger partial charge in [0.2, 0.25) is 5.88 Å². The van der Waals surface area contributed by atoms with Crippen LogP contribution in [-0.2, 0) is 4.79 Å². The first-order valence-electron chi connectivity index (χ1n) is 7.89. The molecule has 0 radical (unpaired) electrons. The van der Waals surface area contributed by atoms with Crippen molar-refractivity contribution in [1.82, 2.24) is 4.98 Å². The number of nitrogens with zero attached hydrogens (tertiary/aromatic N) is 1. The number of carbonyl (C=O) groups excluding carboxylic acids is 1. The number of amides is 1. The van der Waals surface area contributed by atoms with Crippen LogP contribution < -0.4 is 14.8 Å². The lowest BCUT2D eigenvalue weighted by Crippen LogP contribution is -2.13. The summed E-state index contributed by atoms with van der Waals surface area (Å²) in [5, 5.41) is 11.6. The summed E-state index contributed by atoms with van der Waals surface area (Å²) in [7, 11) is 0. The molecule has 0 saturated heterocycles. The Balaban J connectivity index is 2.04. The van der Waals surface area contributed by atoms with Crippen LogP contribution in [0.15, 0.2) is 36.5 Å². The number of anilines is 1. The molecule has 138 valence electrons. The Morgan fingerprint density at radius 3 is 2.69 bits per heavy atom. The van der Waals surface area contributed by atoms with E-state index in [-0.39, 0.29) is 16.5 Å². The molecule has 0 aliphatic carbocycles. The quantitative estimate of drug-likeness (QED) is 0.729. The maximum Gasteiger partial charge on any atom is 0.341 e. The molecule has 8 heteroatoms. The van der Waals surface area contributed by atoms with E-state index in [1.165, 1.54) is 18.3 Å². The first kappa shape index (κ1) is 19.5. The lowest BCUT2D eigenvalue weighted by Gasteiger charge is -2.11. The van der Waals surface area contributed by atoms with Crippen molar-refractivity contribution in [3.8, 4) is 11.6 Å². The molecular weight excluding hydrogens is 360 g/mol. The molecule has 1 heterocycles. The molecular formula is C18H19ClN2O5. The van der Waals surface area contributed by atoms with Crippen LogP contribution in [0.5, 0.6) is 11.6 Å². The number of aliphatic carboxylic acids is 1. The minimum absolute atomic E-state index is 0.247. The van der Waals surface area contributed by atoms with Crippen LogP contribution in [0.3, 0.4) is 0 Å². The van der Waals surface area contributed by atoms with Crippen molar-refractivity contribution in [2.45, 2.75) is 13.8 Å². The number of ether oxygens (including phenoxy) is 2. The number of carbonyl (C=O) groups is 2. The van der Waals surface area contributed by atoms with E-state index >= 15 is 0 Å². The number of halogens is 1. The van der Waals surface area contributed by atoms with Gasteiger partial charge in [-0.3, -0.25) is 4.79 Å². The molecule has 0 unspecified atom stereocenters. The minimum atomic E-state index is -1.08. The number of benzene rings is 1. The highest BCUT2D eigenvalue weighted by molar-refractivity contribution is 6.32. The number of rotatable bonds is 8. The summed E-state index contributed by atoms with van der Waals surface area (Å²) >= 11 is 6.11. The summed E-state index contributed by atoms with van der Waals surface area (Å²) in [4.78, 5) is 26.9. The van der Waals surface area contributed by atoms with E-state index in [4.69, 9.17) is 26.2 Å². The molecule has 1 aromatic heterocycles. The number of hydrogen-bond acceptors (Lipinski definition) is 5. The molecule has 0 atom stereocenters. The predicted octanol–water partition coefficient (Wildman–Crippen LogP) is 3.49. The second kappa shape index (κ2) is 9.05. The second-order valence-corrected chi connectivity index (χ2v) is 6.29. The maximum absolute atomic E-state index is 12.3. The lowest BCUT2D eigenvalue weighted by atomic mass is 10.2. The highest BCUT2D eigenvalue weighted by Crippen LogP contribution is 2.24. The van der Waals surface area contributed by atoms with E-state index in [1.807, 2.05) is 13.8 Å². The molecule has 0 aliphatic heterocycles. The van der Waals surface area contributed by atoms with Crippen molar-refractivity contribution in [2.24, 2.45) is 5.92 Å². The Morgan fingerprint density at radius 1 is 1.27 bits per heavy atom. The highest BCUT2D eigenvalue weighted by atomic mass is 35.5. The standard InChI is InChI=1S/C18H19ClN2O5/c1-11(2)9-26-18-15(19)6-12(8-20-18)17(24)21-13-4-3-5-14(7-13)25-10-16(22)23/h3-8,11H,9-10H2,1-2H3,(H,21,24)(H,22,23). The fourth-order valence-corrected chi connectivity index (χ4v) is 2.13. The fourth-order valence-electron chi connectivity index (χ4n) is 1.91. The van der Waals surface area contributed by atoms with Gasteiger partial charge in [-0.05, 0) is 24.1 Å². The zero-order valence-electron chi connectivity index (χ0n) is 14.4. The molecule has 2 rings (SSSR count). The van der Waals surface area contributed by atoms with Crippen molar-refractivity contribution in [3.63, 3.8) is 0 Å². The molecule has 7 nitrogen and oxygen atoms in total. The topological polar surface area (TPSA) is 97.8 Å².